The molecule has 1 aromatic heterocycles. The van der Waals surface area contributed by atoms with Crippen molar-refractivity contribution in [2.24, 2.45) is 13.0 Å². The number of piperidine rings is 1. The van der Waals surface area contributed by atoms with Crippen LogP contribution in [0.5, 0.6) is 0 Å². The normalized spacial score (nSPS) is 16.5. The number of esters is 1. The van der Waals surface area contributed by atoms with Crippen LogP contribution in [0.15, 0.2) is 35.5 Å². The van der Waals surface area contributed by atoms with Crippen LogP contribution in [0, 0.1) is 12.8 Å². The highest BCUT2D eigenvalue weighted by atomic mass is 35.5. The van der Waals surface area contributed by atoms with E-state index in [1.807, 2.05) is 6.07 Å². The summed E-state index contributed by atoms with van der Waals surface area (Å²) in [5, 5.41) is 3.25. The van der Waals surface area contributed by atoms with Gasteiger partial charge < -0.3 is 14.6 Å². The first-order valence-electron chi connectivity index (χ1n) is 10.3. The maximum absolute atomic E-state index is 12.8. The van der Waals surface area contributed by atoms with Gasteiger partial charge in [-0.05, 0) is 38.3 Å². The minimum atomic E-state index is -3.71. The minimum Gasteiger partial charge on any atom is -0.452 e. The smallest absolute Gasteiger partial charge is 0.309 e. The summed E-state index contributed by atoms with van der Waals surface area (Å²) in [6.45, 7) is 3.83. The fourth-order valence-corrected chi connectivity index (χ4v) is 5.10. The summed E-state index contributed by atoms with van der Waals surface area (Å²) >= 11 is 6.08. The summed E-state index contributed by atoms with van der Waals surface area (Å²) in [6.07, 6.45) is 1.15. The van der Waals surface area contributed by atoms with Crippen LogP contribution in [-0.4, -0.2) is 53.3 Å². The van der Waals surface area contributed by atoms with Crippen LogP contribution >= 0.6 is 11.6 Å². The van der Waals surface area contributed by atoms with Crippen LogP contribution in [0.2, 0.25) is 5.02 Å². The molecule has 1 aliphatic heterocycles. The van der Waals surface area contributed by atoms with Gasteiger partial charge in [0.2, 0.25) is 0 Å². The van der Waals surface area contributed by atoms with E-state index in [-0.39, 0.29) is 24.7 Å². The Morgan fingerprint density at radius 3 is 2.53 bits per heavy atom. The Balaban J connectivity index is 1.49. The Bertz CT molecular complexity index is 1070. The van der Waals surface area contributed by atoms with Gasteiger partial charge in [0.1, 0.15) is 5.82 Å². The molecule has 1 fully saturated rings. The number of benzene rings is 1. The van der Waals surface area contributed by atoms with Crippen LogP contribution < -0.4 is 5.32 Å². The van der Waals surface area contributed by atoms with Crippen molar-refractivity contribution in [1.29, 1.82) is 0 Å². The van der Waals surface area contributed by atoms with E-state index in [1.54, 1.807) is 36.7 Å². The first kappa shape index (κ1) is 24.2. The molecule has 32 heavy (non-hydrogen) atoms. The highest BCUT2D eigenvalue weighted by molar-refractivity contribution is 7.89. The number of sulfonamides is 1. The SMILES string of the molecule is Cc1nc(S(=O)(=O)N2CCC(C(=O)OC(C)C(=O)NCc3ccccc3Cl)CC2)cn1C. The highest BCUT2D eigenvalue weighted by Gasteiger charge is 2.35. The molecule has 11 heteroatoms. The van der Waals surface area contributed by atoms with Gasteiger partial charge in [-0.1, -0.05) is 29.8 Å². The summed E-state index contributed by atoms with van der Waals surface area (Å²) in [4.78, 5) is 28.9. The van der Waals surface area contributed by atoms with E-state index < -0.39 is 33.9 Å². The van der Waals surface area contributed by atoms with Gasteiger partial charge in [-0.2, -0.15) is 4.31 Å². The van der Waals surface area contributed by atoms with Gasteiger partial charge in [-0.3, -0.25) is 9.59 Å². The Morgan fingerprint density at radius 2 is 1.94 bits per heavy atom. The standard InChI is InChI=1S/C21H27ClN4O5S/c1-14(20(27)23-12-17-6-4-5-7-18(17)22)31-21(28)16-8-10-26(11-9-16)32(29,30)19-13-25(3)15(2)24-19/h4-7,13-14,16H,8-12H2,1-3H3,(H,23,27). The van der Waals surface area contributed by atoms with Gasteiger partial charge in [0, 0.05) is 37.9 Å². The Kier molecular flexibility index (Phi) is 7.58. The Morgan fingerprint density at radius 1 is 1.28 bits per heavy atom. The van der Waals surface area contributed by atoms with Gasteiger partial charge >= 0.3 is 5.97 Å². The Labute approximate surface area is 192 Å². The molecule has 0 bridgehead atoms. The molecule has 1 aromatic carbocycles. The average molecular weight is 483 g/mol. The number of aromatic nitrogens is 2. The van der Waals surface area contributed by atoms with Crippen molar-refractivity contribution in [3.8, 4) is 0 Å². The molecular weight excluding hydrogens is 456 g/mol. The van der Waals surface area contributed by atoms with Crippen LogP contribution in [0.3, 0.4) is 0 Å². The number of aryl methyl sites for hydroxylation is 2. The number of hydrogen-bond acceptors (Lipinski definition) is 6. The van der Waals surface area contributed by atoms with E-state index in [1.165, 1.54) is 17.4 Å². The van der Waals surface area contributed by atoms with Gasteiger partial charge in [0.15, 0.2) is 11.1 Å². The van der Waals surface area contributed by atoms with Gasteiger partial charge in [-0.15, -0.1) is 0 Å². The van der Waals surface area contributed by atoms with E-state index in [0.717, 1.165) is 5.56 Å². The minimum absolute atomic E-state index is 0.00217. The summed E-state index contributed by atoms with van der Waals surface area (Å²) in [6, 6.07) is 7.14. The molecule has 174 valence electrons. The van der Waals surface area contributed by atoms with E-state index >= 15 is 0 Å². The van der Waals surface area contributed by atoms with E-state index in [2.05, 4.69) is 10.3 Å². The molecule has 1 unspecified atom stereocenters. The lowest BCUT2D eigenvalue weighted by atomic mass is 9.98. The van der Waals surface area contributed by atoms with Crippen LogP contribution in [0.25, 0.3) is 0 Å². The molecule has 0 radical (unpaired) electrons. The molecule has 9 nitrogen and oxygen atoms in total. The average Bonchev–Trinajstić information content (AvgIpc) is 3.12. The number of nitrogens with one attached hydrogen (secondary N) is 1. The Hall–Kier alpha value is -2.43. The number of nitrogens with zero attached hydrogens (tertiary/aromatic N) is 3. The van der Waals surface area contributed by atoms with Gasteiger partial charge in [0.05, 0.1) is 5.92 Å². The van der Waals surface area contributed by atoms with Crippen molar-refractivity contribution in [1.82, 2.24) is 19.2 Å². The molecular formula is C21H27ClN4O5S. The summed E-state index contributed by atoms with van der Waals surface area (Å²) in [5.74, 6) is -0.797. The summed E-state index contributed by atoms with van der Waals surface area (Å²) in [5.41, 5.74) is 0.762. The van der Waals surface area contributed by atoms with Gasteiger partial charge in [0.25, 0.3) is 15.9 Å². The van der Waals surface area contributed by atoms with Crippen molar-refractivity contribution >= 4 is 33.5 Å². The number of amides is 1. The summed E-state index contributed by atoms with van der Waals surface area (Å²) in [7, 11) is -1.98. The molecule has 2 aromatic rings. The summed E-state index contributed by atoms with van der Waals surface area (Å²) < 4.78 is 33.9. The third-order valence-electron chi connectivity index (χ3n) is 5.55. The van der Waals surface area contributed by atoms with E-state index in [9.17, 15) is 18.0 Å². The monoisotopic (exact) mass is 482 g/mol. The second-order valence-corrected chi connectivity index (χ2v) is 10.1. The van der Waals surface area contributed by atoms with Crippen LogP contribution in [-0.2, 0) is 37.9 Å². The molecule has 1 saturated heterocycles. The lowest BCUT2D eigenvalue weighted by Crippen LogP contribution is -2.42. The molecule has 0 spiro atoms. The zero-order valence-corrected chi connectivity index (χ0v) is 19.8. The molecule has 3 rings (SSSR count). The number of ether oxygens (including phenoxy) is 1. The number of halogens is 1. The second kappa shape index (κ2) is 10.0. The molecule has 1 atom stereocenters. The van der Waals surface area contributed by atoms with Crippen molar-refractivity contribution in [3.05, 3.63) is 46.9 Å². The number of carbonyl (C=O) groups is 2. The number of rotatable bonds is 7. The largest absolute Gasteiger partial charge is 0.452 e. The molecule has 2 heterocycles. The predicted octanol–water partition coefficient (Wildman–Crippen LogP) is 2.03. The first-order chi connectivity index (χ1) is 15.1. The van der Waals surface area contributed by atoms with E-state index in [4.69, 9.17) is 16.3 Å². The molecule has 1 N–H and O–H groups in total. The lowest BCUT2D eigenvalue weighted by Gasteiger charge is -2.30. The van der Waals surface area contributed by atoms with E-state index in [0.29, 0.717) is 23.7 Å². The maximum atomic E-state index is 12.8. The fourth-order valence-electron chi connectivity index (χ4n) is 3.41. The number of carbonyl (C=O) groups excluding carboxylic acids is 2. The third-order valence-corrected chi connectivity index (χ3v) is 7.69. The fraction of sp³-hybridized carbons (Fsp3) is 0.476. The van der Waals surface area contributed by atoms with Crippen LogP contribution in [0.4, 0.5) is 0 Å². The topological polar surface area (TPSA) is 111 Å². The van der Waals surface area contributed by atoms with Gasteiger partial charge in [-0.25, -0.2) is 13.4 Å². The lowest BCUT2D eigenvalue weighted by molar-refractivity contribution is -0.159. The third kappa shape index (κ3) is 5.48. The number of hydrogen-bond donors (Lipinski definition) is 1. The zero-order chi connectivity index (χ0) is 23.5. The highest BCUT2D eigenvalue weighted by Crippen LogP contribution is 2.24. The quantitative estimate of drug-likeness (QED) is 0.604. The molecule has 1 amide bonds. The maximum Gasteiger partial charge on any atom is 0.309 e. The molecule has 1 aliphatic rings. The van der Waals surface area contributed by atoms with Crippen molar-refractivity contribution in [2.45, 2.75) is 44.4 Å². The second-order valence-electron chi connectivity index (χ2n) is 7.80. The predicted molar refractivity (Wildman–Crippen MR) is 118 cm³/mol. The van der Waals surface area contributed by atoms with Crippen LogP contribution in [0.1, 0.15) is 31.2 Å². The first-order valence-corrected chi connectivity index (χ1v) is 12.1. The number of imidazole rings is 1. The van der Waals surface area contributed by atoms with Crippen molar-refractivity contribution < 1.29 is 22.7 Å². The van der Waals surface area contributed by atoms with Crippen molar-refractivity contribution in [2.75, 3.05) is 13.1 Å². The zero-order valence-electron chi connectivity index (χ0n) is 18.2. The molecule has 0 saturated carbocycles. The van der Waals surface area contributed by atoms with Crippen molar-refractivity contribution in [3.63, 3.8) is 0 Å². The molecule has 0 aliphatic carbocycles.